The summed E-state index contributed by atoms with van der Waals surface area (Å²) in [7, 11) is 0. The Kier molecular flexibility index (Phi) is 5.90. The molecule has 0 radical (unpaired) electrons. The first-order chi connectivity index (χ1) is 14.1. The Hall–Kier alpha value is -2.73. The molecule has 2 heterocycles. The minimum absolute atomic E-state index is 0.00320. The Labute approximate surface area is 174 Å². The molecule has 3 aromatic rings. The van der Waals surface area contributed by atoms with Gasteiger partial charge in [-0.3, -0.25) is 14.2 Å². The van der Waals surface area contributed by atoms with Crippen LogP contribution in [-0.4, -0.2) is 22.0 Å². The van der Waals surface area contributed by atoms with Gasteiger partial charge < -0.3 is 5.32 Å². The van der Waals surface area contributed by atoms with Gasteiger partial charge in [0.2, 0.25) is 5.91 Å². The van der Waals surface area contributed by atoms with Crippen molar-refractivity contribution < 1.29 is 4.79 Å². The Morgan fingerprint density at radius 2 is 2.07 bits per heavy atom. The first-order valence-electron chi connectivity index (χ1n) is 10.1. The number of carbonyl (C=O) groups is 1. The first-order valence-corrected chi connectivity index (χ1v) is 10.9. The summed E-state index contributed by atoms with van der Waals surface area (Å²) in [4.78, 5) is 31.5. The van der Waals surface area contributed by atoms with Crippen LogP contribution in [0.5, 0.6) is 0 Å². The van der Waals surface area contributed by atoms with Crippen LogP contribution in [0.4, 0.5) is 0 Å². The van der Waals surface area contributed by atoms with Crippen molar-refractivity contribution in [3.63, 3.8) is 0 Å². The van der Waals surface area contributed by atoms with E-state index in [-0.39, 0.29) is 18.0 Å². The summed E-state index contributed by atoms with van der Waals surface area (Å²) in [5.74, 6) is -0.152. The molecule has 2 aromatic heterocycles. The quantitative estimate of drug-likeness (QED) is 0.615. The summed E-state index contributed by atoms with van der Waals surface area (Å²) in [6.07, 6.45) is 9.46. The van der Waals surface area contributed by atoms with Gasteiger partial charge in [-0.2, -0.15) is 0 Å². The maximum absolute atomic E-state index is 13.0. The number of hydrogen-bond acceptors (Lipinski definition) is 4. The lowest BCUT2D eigenvalue weighted by molar-refractivity contribution is -0.121. The number of aryl methyl sites for hydroxylation is 1. The Balaban J connectivity index is 1.49. The van der Waals surface area contributed by atoms with Gasteiger partial charge in [0, 0.05) is 11.4 Å². The molecule has 1 amide bonds. The van der Waals surface area contributed by atoms with Crippen molar-refractivity contribution in [3.8, 4) is 10.4 Å². The fraction of sp³-hybridized carbons (Fsp3) is 0.348. The van der Waals surface area contributed by atoms with E-state index >= 15 is 0 Å². The fourth-order valence-electron chi connectivity index (χ4n) is 3.84. The predicted octanol–water partition coefficient (Wildman–Crippen LogP) is 4.44. The molecule has 1 aromatic carbocycles. The fourth-order valence-corrected chi connectivity index (χ4v) is 4.99. The highest BCUT2D eigenvalue weighted by Gasteiger charge is 2.16. The van der Waals surface area contributed by atoms with Crippen LogP contribution in [0.15, 0.2) is 53.1 Å². The second-order valence-electron chi connectivity index (χ2n) is 7.49. The lowest BCUT2D eigenvalue weighted by atomic mass is 9.97. The average molecular weight is 408 g/mol. The van der Waals surface area contributed by atoms with Crippen LogP contribution in [0, 0.1) is 6.92 Å². The molecule has 0 bridgehead atoms. The lowest BCUT2D eigenvalue weighted by Gasteiger charge is -2.13. The summed E-state index contributed by atoms with van der Waals surface area (Å²) in [5, 5.41) is 3.54. The molecule has 0 unspecified atom stereocenters. The van der Waals surface area contributed by atoms with Crippen molar-refractivity contribution in [1.29, 1.82) is 0 Å². The molecule has 150 valence electrons. The molecule has 6 heteroatoms. The van der Waals surface area contributed by atoms with Crippen molar-refractivity contribution in [2.24, 2.45) is 0 Å². The number of rotatable bonds is 6. The normalized spacial score (nSPS) is 14.0. The van der Waals surface area contributed by atoms with E-state index in [2.05, 4.69) is 16.4 Å². The highest BCUT2D eigenvalue weighted by Crippen LogP contribution is 2.35. The summed E-state index contributed by atoms with van der Waals surface area (Å²) < 4.78 is 1.41. The van der Waals surface area contributed by atoms with Crippen molar-refractivity contribution in [1.82, 2.24) is 14.9 Å². The Morgan fingerprint density at radius 1 is 1.24 bits per heavy atom. The monoisotopic (exact) mass is 407 g/mol. The summed E-state index contributed by atoms with van der Waals surface area (Å²) in [6, 6.07) is 10.0. The van der Waals surface area contributed by atoms with Gasteiger partial charge >= 0.3 is 0 Å². The van der Waals surface area contributed by atoms with Crippen LogP contribution in [0.1, 0.15) is 37.7 Å². The molecular weight excluding hydrogens is 382 g/mol. The van der Waals surface area contributed by atoms with Crippen LogP contribution >= 0.6 is 11.3 Å². The second-order valence-corrected chi connectivity index (χ2v) is 8.49. The predicted molar refractivity (Wildman–Crippen MR) is 118 cm³/mol. The van der Waals surface area contributed by atoms with E-state index in [0.29, 0.717) is 16.8 Å². The van der Waals surface area contributed by atoms with E-state index in [1.807, 2.05) is 37.3 Å². The van der Waals surface area contributed by atoms with Gasteiger partial charge in [-0.25, -0.2) is 4.98 Å². The molecule has 0 saturated heterocycles. The molecule has 4 rings (SSSR count). The van der Waals surface area contributed by atoms with Crippen LogP contribution in [0.2, 0.25) is 0 Å². The van der Waals surface area contributed by atoms with Crippen molar-refractivity contribution in [2.75, 3.05) is 6.54 Å². The highest BCUT2D eigenvalue weighted by molar-refractivity contribution is 7.22. The third-order valence-electron chi connectivity index (χ3n) is 5.42. The van der Waals surface area contributed by atoms with Crippen LogP contribution in [0.25, 0.3) is 20.7 Å². The largest absolute Gasteiger partial charge is 0.354 e. The van der Waals surface area contributed by atoms with E-state index in [1.165, 1.54) is 40.6 Å². The topological polar surface area (TPSA) is 64.0 Å². The molecule has 29 heavy (non-hydrogen) atoms. The molecule has 0 atom stereocenters. The third-order valence-corrected chi connectivity index (χ3v) is 6.67. The van der Waals surface area contributed by atoms with Gasteiger partial charge in [0.15, 0.2) is 0 Å². The molecule has 0 saturated carbocycles. The lowest BCUT2D eigenvalue weighted by Crippen LogP contribution is -2.33. The summed E-state index contributed by atoms with van der Waals surface area (Å²) >= 11 is 1.52. The number of carbonyl (C=O) groups excluding carboxylic acids is 1. The zero-order chi connectivity index (χ0) is 20.2. The number of amides is 1. The zero-order valence-corrected chi connectivity index (χ0v) is 17.4. The standard InChI is InChI=1S/C23H25N3O2S/c1-16-20-22(29-21(16)18-10-6-3-7-11-18)25-15-26(23(20)28)14-19(27)24-13-12-17-8-4-2-5-9-17/h3,6-8,10-11,15H,2,4-5,9,12-14H2,1H3,(H,24,27). The summed E-state index contributed by atoms with van der Waals surface area (Å²) in [5.41, 5.74) is 3.27. The van der Waals surface area contributed by atoms with Gasteiger partial charge in [0.05, 0.1) is 11.7 Å². The number of nitrogens with one attached hydrogen (secondary N) is 1. The van der Waals surface area contributed by atoms with E-state index < -0.39 is 0 Å². The number of thiophene rings is 1. The van der Waals surface area contributed by atoms with Crippen molar-refractivity contribution >= 4 is 27.5 Å². The smallest absolute Gasteiger partial charge is 0.262 e. The maximum Gasteiger partial charge on any atom is 0.262 e. The molecular formula is C23H25N3O2S. The van der Waals surface area contributed by atoms with Crippen LogP contribution in [-0.2, 0) is 11.3 Å². The van der Waals surface area contributed by atoms with Crippen LogP contribution < -0.4 is 10.9 Å². The van der Waals surface area contributed by atoms with E-state index in [4.69, 9.17) is 0 Å². The maximum atomic E-state index is 13.0. The molecule has 0 spiro atoms. The van der Waals surface area contributed by atoms with Crippen molar-refractivity contribution in [3.05, 3.63) is 64.2 Å². The van der Waals surface area contributed by atoms with Gasteiger partial charge in [-0.15, -0.1) is 11.3 Å². The van der Waals surface area contributed by atoms with Crippen LogP contribution in [0.3, 0.4) is 0 Å². The highest BCUT2D eigenvalue weighted by atomic mass is 32.1. The summed E-state index contributed by atoms with van der Waals surface area (Å²) in [6.45, 7) is 2.56. The number of fused-ring (bicyclic) bond motifs is 1. The molecule has 0 aliphatic heterocycles. The average Bonchev–Trinajstić information content (AvgIpc) is 3.09. The van der Waals surface area contributed by atoms with E-state index in [0.717, 1.165) is 35.3 Å². The SMILES string of the molecule is Cc1c(-c2ccccc2)sc2ncn(CC(=O)NCCC3=CCCCC3)c(=O)c12. The molecule has 0 fully saturated rings. The van der Waals surface area contributed by atoms with E-state index in [1.54, 1.807) is 0 Å². The molecule has 1 aliphatic rings. The third kappa shape index (κ3) is 4.32. The number of hydrogen-bond donors (Lipinski definition) is 1. The number of aromatic nitrogens is 2. The minimum atomic E-state index is -0.156. The number of benzene rings is 1. The zero-order valence-electron chi connectivity index (χ0n) is 16.6. The van der Waals surface area contributed by atoms with Crippen molar-refractivity contribution in [2.45, 2.75) is 45.6 Å². The van der Waals surface area contributed by atoms with Gasteiger partial charge in [-0.1, -0.05) is 42.0 Å². The van der Waals surface area contributed by atoms with Gasteiger partial charge in [-0.05, 0) is 50.2 Å². The van der Waals surface area contributed by atoms with Gasteiger partial charge in [0.1, 0.15) is 11.4 Å². The van der Waals surface area contributed by atoms with Gasteiger partial charge in [0.25, 0.3) is 5.56 Å². The number of nitrogens with zero attached hydrogens (tertiary/aromatic N) is 2. The molecule has 1 N–H and O–H groups in total. The Bertz CT molecular complexity index is 1110. The minimum Gasteiger partial charge on any atom is -0.354 e. The first kappa shape index (κ1) is 19.6. The molecule has 1 aliphatic carbocycles. The molecule has 5 nitrogen and oxygen atoms in total. The Morgan fingerprint density at radius 3 is 2.83 bits per heavy atom. The van der Waals surface area contributed by atoms with E-state index in [9.17, 15) is 9.59 Å². The second kappa shape index (κ2) is 8.74. The number of allylic oxidation sites excluding steroid dienone is 1.